The molecule has 0 aliphatic carbocycles. The maximum atomic E-state index is 11.7. The zero-order chi connectivity index (χ0) is 13.1. The van der Waals surface area contributed by atoms with E-state index in [2.05, 4.69) is 0 Å². The highest BCUT2D eigenvalue weighted by molar-refractivity contribution is 8.04. The molecule has 0 spiro atoms. The van der Waals surface area contributed by atoms with Crippen LogP contribution in [0, 0.1) is 0 Å². The molecule has 1 aliphatic rings. The zero-order valence-corrected chi connectivity index (χ0v) is 10.9. The molecular formula is C13H12O4S. The van der Waals surface area contributed by atoms with Gasteiger partial charge in [0, 0.05) is 11.3 Å². The summed E-state index contributed by atoms with van der Waals surface area (Å²) < 4.78 is 9.42. The lowest BCUT2D eigenvalue weighted by Crippen LogP contribution is -2.17. The number of carbonyl (C=O) groups excluding carboxylic acids is 2. The van der Waals surface area contributed by atoms with Crippen molar-refractivity contribution in [3.63, 3.8) is 0 Å². The minimum atomic E-state index is -0.505. The van der Waals surface area contributed by atoms with Gasteiger partial charge in [0.1, 0.15) is 4.91 Å². The number of hydrogen-bond donors (Lipinski definition) is 0. The van der Waals surface area contributed by atoms with Crippen LogP contribution in [0.15, 0.2) is 39.6 Å². The molecule has 0 aromatic heterocycles. The van der Waals surface area contributed by atoms with Crippen LogP contribution in [0.2, 0.25) is 0 Å². The first-order valence-corrected chi connectivity index (χ1v) is 6.14. The van der Waals surface area contributed by atoms with Crippen LogP contribution < -0.4 is 0 Å². The number of benzene rings is 1. The fourth-order valence-corrected chi connectivity index (χ4v) is 2.82. The van der Waals surface area contributed by atoms with E-state index < -0.39 is 11.9 Å². The van der Waals surface area contributed by atoms with Crippen LogP contribution in [0.1, 0.15) is 5.56 Å². The van der Waals surface area contributed by atoms with Gasteiger partial charge in [-0.1, -0.05) is 30.0 Å². The smallest absolute Gasteiger partial charge is 0.345 e. The van der Waals surface area contributed by atoms with Gasteiger partial charge in [-0.25, -0.2) is 9.59 Å². The predicted molar refractivity (Wildman–Crippen MR) is 67.1 cm³/mol. The van der Waals surface area contributed by atoms with Gasteiger partial charge in [-0.05, 0) is 11.6 Å². The molecule has 1 aromatic carbocycles. The van der Waals surface area contributed by atoms with E-state index in [0.29, 0.717) is 16.9 Å². The lowest BCUT2D eigenvalue weighted by Gasteiger charge is -2.19. The Hall–Kier alpha value is -1.75. The minimum absolute atomic E-state index is 0.308. The summed E-state index contributed by atoms with van der Waals surface area (Å²) in [5.74, 6) is -0.993. The van der Waals surface area contributed by atoms with Crippen molar-refractivity contribution in [3.8, 4) is 0 Å². The largest absolute Gasteiger partial charge is 0.466 e. The second-order valence-electron chi connectivity index (χ2n) is 3.68. The molecule has 0 saturated heterocycles. The molecule has 0 amide bonds. The Morgan fingerprint density at radius 3 is 2.44 bits per heavy atom. The first kappa shape index (κ1) is 12.7. The lowest BCUT2D eigenvalue weighted by molar-refractivity contribution is -0.138. The van der Waals surface area contributed by atoms with E-state index in [1.807, 2.05) is 24.3 Å². The standard InChI is InChI=1S/C13H12O4S/c1-16-12(14)9-7-8-5-3-4-6-10(8)18-11(9)13(15)17-2/h3-6H,7H2,1-2H3. The number of methoxy groups -OCH3 is 2. The van der Waals surface area contributed by atoms with Crippen LogP contribution >= 0.6 is 11.8 Å². The highest BCUT2D eigenvalue weighted by atomic mass is 32.2. The van der Waals surface area contributed by atoms with Gasteiger partial charge in [0.25, 0.3) is 0 Å². The summed E-state index contributed by atoms with van der Waals surface area (Å²) in [7, 11) is 2.60. The molecule has 0 bridgehead atoms. The molecule has 0 fully saturated rings. The van der Waals surface area contributed by atoms with Crippen molar-refractivity contribution >= 4 is 23.7 Å². The number of esters is 2. The lowest BCUT2D eigenvalue weighted by atomic mass is 10.0. The molecule has 18 heavy (non-hydrogen) atoms. The average molecular weight is 264 g/mol. The van der Waals surface area contributed by atoms with Gasteiger partial charge in [-0.3, -0.25) is 0 Å². The van der Waals surface area contributed by atoms with Crippen LogP contribution in [0.5, 0.6) is 0 Å². The molecule has 0 N–H and O–H groups in total. The van der Waals surface area contributed by atoms with E-state index in [4.69, 9.17) is 9.47 Å². The maximum Gasteiger partial charge on any atom is 0.345 e. The van der Waals surface area contributed by atoms with E-state index in [1.165, 1.54) is 26.0 Å². The quantitative estimate of drug-likeness (QED) is 0.764. The first-order valence-electron chi connectivity index (χ1n) is 5.33. The van der Waals surface area contributed by atoms with Crippen LogP contribution in [-0.4, -0.2) is 26.2 Å². The summed E-state index contributed by atoms with van der Waals surface area (Å²) >= 11 is 1.25. The van der Waals surface area contributed by atoms with E-state index in [1.54, 1.807) is 0 Å². The fourth-order valence-electron chi connectivity index (χ4n) is 1.74. The van der Waals surface area contributed by atoms with Crippen molar-refractivity contribution in [3.05, 3.63) is 40.3 Å². The van der Waals surface area contributed by atoms with Gasteiger partial charge in [0.15, 0.2) is 0 Å². The minimum Gasteiger partial charge on any atom is -0.466 e. The topological polar surface area (TPSA) is 52.6 Å². The Balaban J connectivity index is 2.45. The Kier molecular flexibility index (Phi) is 3.72. The number of fused-ring (bicyclic) bond motifs is 1. The van der Waals surface area contributed by atoms with E-state index >= 15 is 0 Å². The highest BCUT2D eigenvalue weighted by Crippen LogP contribution is 2.39. The molecule has 1 aromatic rings. The van der Waals surface area contributed by atoms with Crippen molar-refractivity contribution in [2.24, 2.45) is 0 Å². The Bertz CT molecular complexity index is 487. The predicted octanol–water partition coefficient (Wildman–Crippen LogP) is 1.93. The number of rotatable bonds is 2. The van der Waals surface area contributed by atoms with Crippen molar-refractivity contribution < 1.29 is 19.1 Å². The third-order valence-corrected chi connectivity index (χ3v) is 3.86. The third kappa shape index (κ3) is 2.26. The van der Waals surface area contributed by atoms with Crippen molar-refractivity contribution in [1.29, 1.82) is 0 Å². The Morgan fingerprint density at radius 1 is 1.11 bits per heavy atom. The fraction of sp³-hybridized carbons (Fsp3) is 0.231. The Morgan fingerprint density at radius 2 is 1.78 bits per heavy atom. The molecule has 4 nitrogen and oxygen atoms in total. The molecule has 1 heterocycles. The molecule has 0 saturated carbocycles. The van der Waals surface area contributed by atoms with Gasteiger partial charge in [-0.2, -0.15) is 0 Å². The molecule has 0 atom stereocenters. The van der Waals surface area contributed by atoms with Crippen molar-refractivity contribution in [2.75, 3.05) is 14.2 Å². The summed E-state index contributed by atoms with van der Waals surface area (Å²) in [6.07, 6.45) is 0.389. The molecule has 5 heteroatoms. The number of carbonyl (C=O) groups is 2. The molecular weight excluding hydrogens is 252 g/mol. The van der Waals surface area contributed by atoms with Gasteiger partial charge in [0.2, 0.25) is 0 Å². The van der Waals surface area contributed by atoms with Crippen LogP contribution in [0.4, 0.5) is 0 Å². The first-order chi connectivity index (χ1) is 8.67. The second kappa shape index (κ2) is 5.27. The van der Waals surface area contributed by atoms with Crippen molar-refractivity contribution in [1.82, 2.24) is 0 Å². The summed E-state index contributed by atoms with van der Waals surface area (Å²) in [6, 6.07) is 7.64. The summed E-state index contributed by atoms with van der Waals surface area (Å²) in [5.41, 5.74) is 1.36. The summed E-state index contributed by atoms with van der Waals surface area (Å²) in [6.45, 7) is 0. The third-order valence-electron chi connectivity index (χ3n) is 2.63. The zero-order valence-electron chi connectivity index (χ0n) is 10.1. The van der Waals surface area contributed by atoms with E-state index in [-0.39, 0.29) is 0 Å². The molecule has 2 rings (SSSR count). The summed E-state index contributed by atoms with van der Waals surface area (Å²) in [4.78, 5) is 24.7. The van der Waals surface area contributed by atoms with Crippen LogP contribution in [0.3, 0.4) is 0 Å². The number of hydrogen-bond acceptors (Lipinski definition) is 5. The SMILES string of the molecule is COC(=O)C1=C(C(=O)OC)Sc2ccccc2C1. The molecule has 0 radical (unpaired) electrons. The molecule has 1 aliphatic heterocycles. The van der Waals surface area contributed by atoms with Gasteiger partial charge in [0.05, 0.1) is 19.8 Å². The highest BCUT2D eigenvalue weighted by Gasteiger charge is 2.28. The monoisotopic (exact) mass is 264 g/mol. The second-order valence-corrected chi connectivity index (χ2v) is 4.73. The normalized spacial score (nSPS) is 13.9. The number of ether oxygens (including phenoxy) is 2. The summed E-state index contributed by atoms with van der Waals surface area (Å²) in [5, 5.41) is 0. The molecule has 94 valence electrons. The molecule has 0 unspecified atom stereocenters. The van der Waals surface area contributed by atoms with Gasteiger partial charge in [-0.15, -0.1) is 0 Å². The van der Waals surface area contributed by atoms with Crippen molar-refractivity contribution in [2.45, 2.75) is 11.3 Å². The van der Waals surface area contributed by atoms with Crippen LogP contribution in [0.25, 0.3) is 0 Å². The van der Waals surface area contributed by atoms with Gasteiger partial charge >= 0.3 is 11.9 Å². The van der Waals surface area contributed by atoms with Crippen LogP contribution in [-0.2, 0) is 25.5 Å². The van der Waals surface area contributed by atoms with E-state index in [0.717, 1.165) is 10.5 Å². The van der Waals surface area contributed by atoms with Gasteiger partial charge < -0.3 is 9.47 Å². The van der Waals surface area contributed by atoms with E-state index in [9.17, 15) is 9.59 Å². The average Bonchev–Trinajstić information content (AvgIpc) is 2.44. The Labute approximate surface area is 109 Å². The maximum absolute atomic E-state index is 11.7. The number of thioether (sulfide) groups is 1.